The van der Waals surface area contributed by atoms with Gasteiger partial charge in [0.05, 0.1) is 55.9 Å². The molecule has 4 aliphatic rings. The standard InChI is InChI=1S/C60H70N6O12S3/c1-8-62-78-23-14-13-19-51(67)56(81(71,72)75-7)21-24-79-80-60(2,3)22-20-57(68)63-42-26-38(36-76-54-32-47-45(30-52(54)73-5)58(69)65-43(34-61-47)28-40-15-9-11-17-48(40)65)25-39(27-42)37-77-55-33-50-46(31-53(55)74-6)59(70)66-44(35-64(50)4)29-41-16-10-12-18-49(41)66/h8-12,15-18,25-27,30-33,43-44,56,61H,13-14,19-24,28-29,34-37H2,1-7H3,(H,63,68)/t43-,44-,56?/m0/s1. The van der Waals surface area contributed by atoms with Crippen LogP contribution >= 0.6 is 21.6 Å². The number of amides is 3. The first-order valence-corrected chi connectivity index (χ1v) is 30.9. The molecule has 2 N–H and O–H groups in total. The Kier molecular flexibility index (Phi) is 18.8. The molecule has 0 aromatic heterocycles. The number of benzene rings is 5. The SMILES string of the molecule is CC=NOCCCCC(=O)C(CCSSC(C)(C)CCC(=O)Nc1cc(COc2cc3c(cc2OC)C(=O)N2c4ccccc4C[C@H]2CN3)cc(COc2cc3c(cc2OC)C(=O)N2c4ccccc4C[C@H]2CN3C)c1)S(=O)(=O)OC. The van der Waals surface area contributed by atoms with Gasteiger partial charge in [-0.2, -0.15) is 8.42 Å². The number of hydrogen-bond donors (Lipinski definition) is 2. The maximum Gasteiger partial charge on any atom is 0.277 e. The average molecular weight is 1160 g/mol. The van der Waals surface area contributed by atoms with E-state index < -0.39 is 25.9 Å². The molecule has 0 spiro atoms. The number of hydrogen-bond acceptors (Lipinski definition) is 17. The van der Waals surface area contributed by atoms with E-state index in [4.69, 9.17) is 28.0 Å². The molecule has 5 aromatic rings. The Bertz CT molecular complexity index is 3300. The molecule has 4 heterocycles. The summed E-state index contributed by atoms with van der Waals surface area (Å²) in [7, 11) is 5.00. The Morgan fingerprint density at radius 2 is 1.41 bits per heavy atom. The van der Waals surface area contributed by atoms with Crippen LogP contribution in [0.2, 0.25) is 0 Å². The summed E-state index contributed by atoms with van der Waals surface area (Å²) in [6.45, 7) is 7.37. The molecule has 3 atom stereocenters. The number of likely N-dealkylation sites (N-methyl/N-ethyl adjacent to an activating group) is 1. The number of carbonyl (C=O) groups is 4. The van der Waals surface area contributed by atoms with Crippen LogP contribution in [-0.2, 0) is 54.8 Å². The lowest BCUT2D eigenvalue weighted by Crippen LogP contribution is -2.41. The summed E-state index contributed by atoms with van der Waals surface area (Å²) in [5.41, 5.74) is 8.37. The molecular formula is C60H70N6O12S3. The molecule has 0 saturated carbocycles. The first-order valence-electron chi connectivity index (χ1n) is 27.1. The van der Waals surface area contributed by atoms with Crippen molar-refractivity contribution in [1.82, 2.24) is 0 Å². The van der Waals surface area contributed by atoms with E-state index in [1.807, 2.05) is 91.4 Å². The van der Waals surface area contributed by atoms with Crippen molar-refractivity contribution in [2.45, 2.75) is 107 Å². The van der Waals surface area contributed by atoms with E-state index in [1.165, 1.54) is 34.9 Å². The van der Waals surface area contributed by atoms with E-state index >= 15 is 0 Å². The number of anilines is 5. The van der Waals surface area contributed by atoms with Crippen LogP contribution in [0.4, 0.5) is 28.4 Å². The topological polar surface area (TPSA) is 204 Å². The second kappa shape index (κ2) is 25.9. The lowest BCUT2D eigenvalue weighted by atomic mass is 10.1. The summed E-state index contributed by atoms with van der Waals surface area (Å²) < 4.78 is 54.7. The van der Waals surface area contributed by atoms with Crippen LogP contribution in [-0.4, -0.2) is 114 Å². The highest BCUT2D eigenvalue weighted by Crippen LogP contribution is 2.44. The number of methoxy groups -OCH3 is 2. The van der Waals surface area contributed by atoms with Crippen LogP contribution in [0.15, 0.2) is 96.2 Å². The Balaban J connectivity index is 0.898. The number of rotatable bonds is 26. The largest absolute Gasteiger partial charge is 0.493 e. The maximum atomic E-state index is 14.3. The number of Topliss-reactive ketones (excluding diaryl/α,β-unsaturated/α-hetero) is 1. The average Bonchev–Trinajstić information content (AvgIpc) is 3.45. The van der Waals surface area contributed by atoms with Gasteiger partial charge in [0.1, 0.15) is 25.1 Å². The zero-order valence-electron chi connectivity index (χ0n) is 46.8. The van der Waals surface area contributed by atoms with Gasteiger partial charge in [-0.1, -0.05) is 63.1 Å². The Morgan fingerprint density at radius 3 is 2.06 bits per heavy atom. The van der Waals surface area contributed by atoms with Gasteiger partial charge in [0.15, 0.2) is 28.8 Å². The van der Waals surface area contributed by atoms with Gasteiger partial charge in [-0.25, -0.2) is 0 Å². The molecule has 81 heavy (non-hydrogen) atoms. The predicted molar refractivity (Wildman–Crippen MR) is 320 cm³/mol. The van der Waals surface area contributed by atoms with Gasteiger partial charge in [0, 0.05) is 78.9 Å². The van der Waals surface area contributed by atoms with Crippen molar-refractivity contribution in [2.24, 2.45) is 5.16 Å². The predicted octanol–water partition coefficient (Wildman–Crippen LogP) is 10.3. The molecule has 0 fully saturated rings. The van der Waals surface area contributed by atoms with Crippen molar-refractivity contribution in [1.29, 1.82) is 0 Å². The molecule has 21 heteroatoms. The number of fused-ring (bicyclic) bond motifs is 8. The zero-order valence-corrected chi connectivity index (χ0v) is 49.2. The third-order valence-electron chi connectivity index (χ3n) is 14.9. The molecule has 5 aromatic carbocycles. The summed E-state index contributed by atoms with van der Waals surface area (Å²) in [5.74, 6) is 1.15. The number of nitrogens with one attached hydrogen (secondary N) is 2. The lowest BCUT2D eigenvalue weighted by molar-refractivity contribution is -0.119. The second-order valence-corrected chi connectivity index (χ2v) is 26.1. The molecular weight excluding hydrogens is 1090 g/mol. The van der Waals surface area contributed by atoms with Gasteiger partial charge in [-0.05, 0) is 124 Å². The molecule has 0 aliphatic carbocycles. The normalized spacial score (nSPS) is 16.7. The molecule has 4 aliphatic heterocycles. The molecule has 9 rings (SSSR count). The molecule has 18 nitrogen and oxygen atoms in total. The number of oxime groups is 1. The molecule has 0 bridgehead atoms. The smallest absolute Gasteiger partial charge is 0.277 e. The van der Waals surface area contributed by atoms with E-state index in [9.17, 15) is 27.6 Å². The fourth-order valence-electron chi connectivity index (χ4n) is 10.8. The fraction of sp³-hybridized carbons (Fsp3) is 0.417. The number of ketones is 1. The highest BCUT2D eigenvalue weighted by atomic mass is 33.1. The van der Waals surface area contributed by atoms with Crippen molar-refractivity contribution in [3.05, 3.63) is 124 Å². The first kappa shape index (κ1) is 58.7. The summed E-state index contributed by atoms with van der Waals surface area (Å²) >= 11 is 0. The van der Waals surface area contributed by atoms with Gasteiger partial charge < -0.3 is 49.1 Å². The number of para-hydroxylation sites is 2. The number of nitrogens with zero attached hydrogens (tertiary/aromatic N) is 4. The third kappa shape index (κ3) is 13.5. The Labute approximate surface area is 482 Å². The van der Waals surface area contributed by atoms with Gasteiger partial charge in [0.25, 0.3) is 21.9 Å². The first-order chi connectivity index (χ1) is 39.0. The number of carbonyl (C=O) groups excluding carboxylic acids is 4. The molecule has 0 saturated heterocycles. The zero-order chi connectivity index (χ0) is 57.4. The van der Waals surface area contributed by atoms with E-state index in [1.54, 1.807) is 32.2 Å². The lowest BCUT2D eigenvalue weighted by Gasteiger charge is -2.25. The number of unbranched alkanes of at least 4 members (excludes halogenated alkanes) is 1. The van der Waals surface area contributed by atoms with Crippen LogP contribution < -0.4 is 44.3 Å². The third-order valence-corrected chi connectivity index (χ3v) is 20.0. The van der Waals surface area contributed by atoms with Gasteiger partial charge >= 0.3 is 0 Å². The van der Waals surface area contributed by atoms with Crippen molar-refractivity contribution in [3.63, 3.8) is 0 Å². The number of ether oxygens (including phenoxy) is 4. The Hall–Kier alpha value is -6.94. The summed E-state index contributed by atoms with van der Waals surface area (Å²) in [5, 5.41) is 9.01. The van der Waals surface area contributed by atoms with E-state index in [2.05, 4.69) is 32.8 Å². The van der Waals surface area contributed by atoms with Crippen molar-refractivity contribution >= 4 is 89.9 Å². The molecule has 430 valence electrons. The minimum atomic E-state index is -4.10. The van der Waals surface area contributed by atoms with Crippen LogP contribution in [0, 0.1) is 0 Å². The van der Waals surface area contributed by atoms with Crippen molar-refractivity contribution in [3.8, 4) is 23.0 Å². The van der Waals surface area contributed by atoms with E-state index in [-0.39, 0.29) is 62.3 Å². The molecule has 1 unspecified atom stereocenters. The monoisotopic (exact) mass is 1160 g/mol. The second-order valence-electron chi connectivity index (χ2n) is 21.0. The fourth-order valence-corrected chi connectivity index (χ4v) is 14.7. The van der Waals surface area contributed by atoms with Gasteiger partial charge in [0.2, 0.25) is 5.91 Å². The molecule has 0 radical (unpaired) electrons. The minimum Gasteiger partial charge on any atom is -0.493 e. The van der Waals surface area contributed by atoms with Crippen LogP contribution in [0.25, 0.3) is 0 Å². The summed E-state index contributed by atoms with van der Waals surface area (Å²) in [4.78, 5) is 66.4. The van der Waals surface area contributed by atoms with Crippen LogP contribution in [0.5, 0.6) is 23.0 Å². The van der Waals surface area contributed by atoms with Crippen molar-refractivity contribution in [2.75, 3.05) is 79.2 Å². The Morgan fingerprint density at radius 1 is 0.790 bits per heavy atom. The van der Waals surface area contributed by atoms with E-state index in [0.29, 0.717) is 101 Å². The maximum absolute atomic E-state index is 14.3. The summed E-state index contributed by atoms with van der Waals surface area (Å²) in [6, 6.07) is 28.6. The highest BCUT2D eigenvalue weighted by molar-refractivity contribution is 8.77. The van der Waals surface area contributed by atoms with E-state index in [0.717, 1.165) is 48.1 Å². The molecule has 3 amide bonds. The summed E-state index contributed by atoms with van der Waals surface area (Å²) in [6.07, 6.45) is 4.85. The van der Waals surface area contributed by atoms with Crippen molar-refractivity contribution < 1.29 is 55.6 Å². The quantitative estimate of drug-likeness (QED) is 0.0174. The van der Waals surface area contributed by atoms with Gasteiger partial charge in [-0.3, -0.25) is 23.4 Å². The van der Waals surface area contributed by atoms with Gasteiger partial charge in [-0.15, -0.1) is 0 Å². The van der Waals surface area contributed by atoms with Crippen LogP contribution in [0.3, 0.4) is 0 Å². The minimum absolute atomic E-state index is 0.0375. The van der Waals surface area contributed by atoms with Crippen LogP contribution in [0.1, 0.15) is 102 Å². The highest BCUT2D eigenvalue weighted by Gasteiger charge is 2.41.